The molecule has 1 N–H and O–H groups in total. The monoisotopic (exact) mass is 362 g/mol. The van der Waals surface area contributed by atoms with Crippen molar-refractivity contribution in [2.24, 2.45) is 0 Å². The van der Waals surface area contributed by atoms with Crippen LogP contribution in [0, 0.1) is 0 Å². The molecule has 0 saturated carbocycles. The zero-order chi connectivity index (χ0) is 18.8. The summed E-state index contributed by atoms with van der Waals surface area (Å²) in [7, 11) is 0. The molecule has 3 aromatic rings. The van der Waals surface area contributed by atoms with Crippen LogP contribution >= 0.6 is 0 Å². The van der Waals surface area contributed by atoms with Crippen molar-refractivity contribution in [2.45, 2.75) is 6.42 Å². The van der Waals surface area contributed by atoms with Gasteiger partial charge in [0.15, 0.2) is 0 Å². The topological polar surface area (TPSA) is 110 Å². The van der Waals surface area contributed by atoms with E-state index in [4.69, 9.17) is 0 Å². The van der Waals surface area contributed by atoms with Gasteiger partial charge in [-0.25, -0.2) is 4.98 Å². The van der Waals surface area contributed by atoms with Gasteiger partial charge in [-0.15, -0.1) is 10.2 Å². The fraction of sp³-hybridized carbons (Fsp3) is 0.111. The third kappa shape index (κ3) is 3.17. The summed E-state index contributed by atoms with van der Waals surface area (Å²) in [5.74, 6) is -0.443. The lowest BCUT2D eigenvalue weighted by Crippen LogP contribution is -2.32. The number of carbonyl (C=O) groups is 3. The Morgan fingerprint density at radius 3 is 2.22 bits per heavy atom. The molecule has 0 spiro atoms. The normalized spacial score (nSPS) is 13.0. The maximum absolute atomic E-state index is 12.3. The Bertz CT molecular complexity index is 979. The lowest BCUT2D eigenvalue weighted by molar-refractivity contribution is -0.116. The first-order valence-electron chi connectivity index (χ1n) is 8.19. The summed E-state index contributed by atoms with van der Waals surface area (Å²) < 4.78 is 1.63. The predicted octanol–water partition coefficient (Wildman–Crippen LogP) is 1.29. The van der Waals surface area contributed by atoms with E-state index in [1.54, 1.807) is 41.0 Å². The number of rotatable bonds is 5. The van der Waals surface area contributed by atoms with Crippen LogP contribution in [0.5, 0.6) is 0 Å². The fourth-order valence-electron chi connectivity index (χ4n) is 2.81. The van der Waals surface area contributed by atoms with Gasteiger partial charge in [0.1, 0.15) is 18.5 Å². The third-order valence-corrected chi connectivity index (χ3v) is 4.16. The molecule has 0 aliphatic carbocycles. The van der Waals surface area contributed by atoms with E-state index < -0.39 is 0 Å². The maximum atomic E-state index is 12.3. The average molecular weight is 362 g/mol. The first-order chi connectivity index (χ1) is 13.1. The highest BCUT2D eigenvalue weighted by Gasteiger charge is 2.34. The number of imide groups is 1. The minimum absolute atomic E-state index is 0.00133. The van der Waals surface area contributed by atoms with Crippen molar-refractivity contribution < 1.29 is 14.4 Å². The van der Waals surface area contributed by atoms with E-state index in [0.717, 1.165) is 4.90 Å². The number of nitrogens with zero attached hydrogens (tertiary/aromatic N) is 5. The van der Waals surface area contributed by atoms with Crippen molar-refractivity contribution >= 4 is 23.4 Å². The van der Waals surface area contributed by atoms with Gasteiger partial charge in [0, 0.05) is 13.0 Å². The van der Waals surface area contributed by atoms with Crippen molar-refractivity contribution in [3.05, 3.63) is 66.4 Å². The Kier molecular flexibility index (Phi) is 4.17. The SMILES string of the molecule is O=C(CCN1C(=O)c2ccccc2C1=O)Nc1ccc(-n2cnnc2)nc1. The molecule has 1 aliphatic heterocycles. The molecule has 0 radical (unpaired) electrons. The largest absolute Gasteiger partial charge is 0.325 e. The van der Waals surface area contributed by atoms with Crippen LogP contribution in [0.15, 0.2) is 55.2 Å². The summed E-state index contributed by atoms with van der Waals surface area (Å²) >= 11 is 0. The number of amides is 3. The number of hydrogen-bond acceptors (Lipinski definition) is 6. The van der Waals surface area contributed by atoms with E-state index in [-0.39, 0.29) is 30.7 Å². The minimum atomic E-state index is -0.372. The molecular formula is C18H14N6O3. The molecule has 9 heteroatoms. The average Bonchev–Trinajstić information content (AvgIpc) is 3.30. The molecule has 0 bridgehead atoms. The standard InChI is InChI=1S/C18H14N6O3/c25-16(22-12-5-6-15(19-9-12)23-10-20-21-11-23)7-8-24-17(26)13-3-1-2-4-14(13)18(24)27/h1-6,9-11H,7-8H2,(H,22,25). The Hall–Kier alpha value is -3.88. The van der Waals surface area contributed by atoms with Gasteiger partial charge in [-0.3, -0.25) is 23.9 Å². The predicted molar refractivity (Wildman–Crippen MR) is 94.2 cm³/mol. The number of benzene rings is 1. The molecule has 4 rings (SSSR count). The second-order valence-electron chi connectivity index (χ2n) is 5.88. The molecule has 27 heavy (non-hydrogen) atoms. The van der Waals surface area contributed by atoms with Gasteiger partial charge in [0.25, 0.3) is 11.8 Å². The molecule has 3 amide bonds. The van der Waals surface area contributed by atoms with Gasteiger partial charge >= 0.3 is 0 Å². The third-order valence-electron chi connectivity index (χ3n) is 4.16. The van der Waals surface area contributed by atoms with Crippen LogP contribution in [-0.4, -0.2) is 48.9 Å². The second kappa shape index (κ2) is 6.79. The zero-order valence-corrected chi connectivity index (χ0v) is 14.1. The highest BCUT2D eigenvalue weighted by atomic mass is 16.2. The number of nitrogens with one attached hydrogen (secondary N) is 1. The Balaban J connectivity index is 1.35. The van der Waals surface area contributed by atoms with Gasteiger partial charge in [-0.05, 0) is 24.3 Å². The molecule has 1 aromatic carbocycles. The van der Waals surface area contributed by atoms with E-state index in [9.17, 15) is 14.4 Å². The van der Waals surface area contributed by atoms with Crippen molar-refractivity contribution in [2.75, 3.05) is 11.9 Å². The van der Waals surface area contributed by atoms with Gasteiger partial charge in [0.2, 0.25) is 5.91 Å². The van der Waals surface area contributed by atoms with Crippen LogP contribution in [-0.2, 0) is 4.79 Å². The van der Waals surface area contributed by atoms with Crippen molar-refractivity contribution in [1.29, 1.82) is 0 Å². The smallest absolute Gasteiger partial charge is 0.261 e. The minimum Gasteiger partial charge on any atom is -0.325 e. The number of anilines is 1. The lowest BCUT2D eigenvalue weighted by atomic mass is 10.1. The number of carbonyl (C=O) groups excluding carboxylic acids is 3. The Morgan fingerprint density at radius 1 is 0.963 bits per heavy atom. The van der Waals surface area contributed by atoms with Crippen LogP contribution in [0.25, 0.3) is 5.82 Å². The summed E-state index contributed by atoms with van der Waals surface area (Å²) in [6.07, 6.45) is 4.54. The summed E-state index contributed by atoms with van der Waals surface area (Å²) in [5.41, 5.74) is 1.26. The van der Waals surface area contributed by atoms with Crippen LogP contribution < -0.4 is 5.32 Å². The van der Waals surface area contributed by atoms with E-state index >= 15 is 0 Å². The number of hydrogen-bond donors (Lipinski definition) is 1. The lowest BCUT2D eigenvalue weighted by Gasteiger charge is -2.13. The molecular weight excluding hydrogens is 348 g/mol. The quantitative estimate of drug-likeness (QED) is 0.685. The van der Waals surface area contributed by atoms with Gasteiger partial charge in [-0.1, -0.05) is 12.1 Å². The molecule has 0 unspecified atom stereocenters. The number of fused-ring (bicyclic) bond motifs is 1. The highest BCUT2D eigenvalue weighted by Crippen LogP contribution is 2.22. The molecule has 0 fully saturated rings. The Labute approximate surface area is 153 Å². The van der Waals surface area contributed by atoms with E-state index in [0.29, 0.717) is 22.6 Å². The van der Waals surface area contributed by atoms with E-state index in [1.807, 2.05) is 0 Å². The molecule has 134 valence electrons. The van der Waals surface area contributed by atoms with Crippen molar-refractivity contribution in [1.82, 2.24) is 24.6 Å². The second-order valence-corrected chi connectivity index (χ2v) is 5.88. The summed E-state index contributed by atoms with van der Waals surface area (Å²) in [6, 6.07) is 10.0. The van der Waals surface area contributed by atoms with Crippen LogP contribution in [0.3, 0.4) is 0 Å². The molecule has 2 aromatic heterocycles. The summed E-state index contributed by atoms with van der Waals surface area (Å²) in [6.45, 7) is 0.0183. The van der Waals surface area contributed by atoms with Gasteiger partial charge in [-0.2, -0.15) is 0 Å². The van der Waals surface area contributed by atoms with Crippen LogP contribution in [0.1, 0.15) is 27.1 Å². The van der Waals surface area contributed by atoms with Crippen LogP contribution in [0.4, 0.5) is 5.69 Å². The van der Waals surface area contributed by atoms with E-state index in [2.05, 4.69) is 20.5 Å². The molecule has 9 nitrogen and oxygen atoms in total. The molecule has 3 heterocycles. The highest BCUT2D eigenvalue weighted by molar-refractivity contribution is 6.21. The molecule has 1 aliphatic rings. The van der Waals surface area contributed by atoms with Crippen molar-refractivity contribution in [3.8, 4) is 5.82 Å². The number of pyridine rings is 1. The maximum Gasteiger partial charge on any atom is 0.261 e. The molecule has 0 atom stereocenters. The van der Waals surface area contributed by atoms with Gasteiger partial charge in [0.05, 0.1) is 23.0 Å². The zero-order valence-electron chi connectivity index (χ0n) is 14.1. The summed E-state index contributed by atoms with van der Waals surface area (Å²) in [4.78, 5) is 42.0. The fourth-order valence-corrected chi connectivity index (χ4v) is 2.81. The van der Waals surface area contributed by atoms with Crippen molar-refractivity contribution in [3.63, 3.8) is 0 Å². The first-order valence-corrected chi connectivity index (χ1v) is 8.19. The van der Waals surface area contributed by atoms with Crippen LogP contribution in [0.2, 0.25) is 0 Å². The first kappa shape index (κ1) is 16.6. The number of aromatic nitrogens is 4. The summed E-state index contributed by atoms with van der Waals surface area (Å²) in [5, 5.41) is 10.1. The Morgan fingerprint density at radius 2 is 1.63 bits per heavy atom. The molecule has 0 saturated heterocycles. The van der Waals surface area contributed by atoms with Gasteiger partial charge < -0.3 is 5.32 Å². The van der Waals surface area contributed by atoms with E-state index in [1.165, 1.54) is 18.9 Å².